The largest absolute Gasteiger partial charge is 0.399 e. The van der Waals surface area contributed by atoms with Crippen LogP contribution in [-0.2, 0) is 4.74 Å². The summed E-state index contributed by atoms with van der Waals surface area (Å²) in [5, 5.41) is 0. The van der Waals surface area contributed by atoms with Crippen LogP contribution in [0.3, 0.4) is 0 Å². The van der Waals surface area contributed by atoms with Gasteiger partial charge in [-0.25, -0.2) is 0 Å². The standard InChI is InChI=1S/C16H26N2O/c1-4-11-18(14-7-5-13(17)6-8-14)12-15-9-10-16(2,3)19-15/h5-8,15H,4,9-12,17H2,1-3H3. The second-order valence-corrected chi connectivity index (χ2v) is 6.08. The van der Waals surface area contributed by atoms with Crippen LogP contribution in [0.1, 0.15) is 40.0 Å². The van der Waals surface area contributed by atoms with Crippen LogP contribution in [0.4, 0.5) is 11.4 Å². The predicted molar refractivity (Wildman–Crippen MR) is 81.5 cm³/mol. The van der Waals surface area contributed by atoms with Gasteiger partial charge in [-0.05, 0) is 57.4 Å². The topological polar surface area (TPSA) is 38.5 Å². The Morgan fingerprint density at radius 1 is 1.32 bits per heavy atom. The van der Waals surface area contributed by atoms with Gasteiger partial charge in [-0.3, -0.25) is 0 Å². The molecule has 0 saturated carbocycles. The second-order valence-electron chi connectivity index (χ2n) is 6.08. The molecule has 3 heteroatoms. The van der Waals surface area contributed by atoms with E-state index in [-0.39, 0.29) is 5.60 Å². The number of ether oxygens (including phenoxy) is 1. The highest BCUT2D eigenvalue weighted by atomic mass is 16.5. The van der Waals surface area contributed by atoms with Gasteiger partial charge in [-0.2, -0.15) is 0 Å². The maximum absolute atomic E-state index is 6.10. The van der Waals surface area contributed by atoms with Gasteiger partial charge in [0.1, 0.15) is 0 Å². The number of benzene rings is 1. The van der Waals surface area contributed by atoms with E-state index in [1.54, 1.807) is 0 Å². The molecule has 1 aliphatic heterocycles. The fraction of sp³-hybridized carbons (Fsp3) is 0.625. The molecule has 1 aromatic rings. The fourth-order valence-electron chi connectivity index (χ4n) is 2.73. The number of nitrogen functional groups attached to an aromatic ring is 1. The first-order chi connectivity index (χ1) is 9.00. The Balaban J connectivity index is 2.02. The second kappa shape index (κ2) is 5.83. The van der Waals surface area contributed by atoms with Gasteiger partial charge in [-0.15, -0.1) is 0 Å². The van der Waals surface area contributed by atoms with E-state index in [2.05, 4.69) is 37.8 Å². The summed E-state index contributed by atoms with van der Waals surface area (Å²) in [6.07, 6.45) is 3.79. The summed E-state index contributed by atoms with van der Waals surface area (Å²) in [7, 11) is 0. The molecule has 1 unspecified atom stereocenters. The first-order valence-electron chi connectivity index (χ1n) is 7.28. The van der Waals surface area contributed by atoms with Crippen molar-refractivity contribution in [3.8, 4) is 0 Å². The Morgan fingerprint density at radius 2 is 2.00 bits per heavy atom. The zero-order valence-electron chi connectivity index (χ0n) is 12.4. The Hall–Kier alpha value is -1.22. The summed E-state index contributed by atoms with van der Waals surface area (Å²) >= 11 is 0. The molecule has 106 valence electrons. The lowest BCUT2D eigenvalue weighted by molar-refractivity contribution is -0.0115. The molecule has 0 spiro atoms. The molecule has 2 N–H and O–H groups in total. The molecule has 0 radical (unpaired) electrons. The molecule has 19 heavy (non-hydrogen) atoms. The zero-order valence-corrected chi connectivity index (χ0v) is 12.4. The predicted octanol–water partition coefficient (Wildman–Crippen LogP) is 3.44. The summed E-state index contributed by atoms with van der Waals surface area (Å²) in [5.74, 6) is 0. The summed E-state index contributed by atoms with van der Waals surface area (Å²) in [6, 6.07) is 8.14. The molecule has 1 atom stereocenters. The van der Waals surface area contributed by atoms with E-state index in [4.69, 9.17) is 10.5 Å². The minimum absolute atomic E-state index is 0.0453. The van der Waals surface area contributed by atoms with Crippen molar-refractivity contribution in [3.63, 3.8) is 0 Å². The van der Waals surface area contributed by atoms with E-state index >= 15 is 0 Å². The first-order valence-corrected chi connectivity index (χ1v) is 7.28. The third kappa shape index (κ3) is 3.87. The van der Waals surface area contributed by atoms with Gasteiger partial charge >= 0.3 is 0 Å². The normalized spacial score (nSPS) is 21.5. The average Bonchev–Trinajstić information content (AvgIpc) is 2.69. The molecule has 1 fully saturated rings. The molecule has 0 amide bonds. The highest BCUT2D eigenvalue weighted by Gasteiger charge is 2.32. The Kier molecular flexibility index (Phi) is 4.35. The Bertz CT molecular complexity index is 400. The van der Waals surface area contributed by atoms with Crippen molar-refractivity contribution in [1.82, 2.24) is 0 Å². The summed E-state index contributed by atoms with van der Waals surface area (Å²) in [5.41, 5.74) is 7.86. The first kappa shape index (κ1) is 14.2. The highest BCUT2D eigenvalue weighted by Crippen LogP contribution is 2.30. The molecule has 3 nitrogen and oxygen atoms in total. The SMILES string of the molecule is CCCN(CC1CCC(C)(C)O1)c1ccc(N)cc1. The van der Waals surface area contributed by atoms with Gasteiger partial charge in [0.2, 0.25) is 0 Å². The molecular weight excluding hydrogens is 236 g/mol. The van der Waals surface area contributed by atoms with E-state index in [9.17, 15) is 0 Å². The van der Waals surface area contributed by atoms with Crippen LogP contribution < -0.4 is 10.6 Å². The maximum Gasteiger partial charge on any atom is 0.0758 e. The highest BCUT2D eigenvalue weighted by molar-refractivity contribution is 5.53. The third-order valence-electron chi connectivity index (χ3n) is 3.73. The van der Waals surface area contributed by atoms with E-state index in [1.807, 2.05) is 12.1 Å². The quantitative estimate of drug-likeness (QED) is 0.826. The van der Waals surface area contributed by atoms with Gasteiger partial charge in [0.05, 0.1) is 11.7 Å². The van der Waals surface area contributed by atoms with Crippen molar-refractivity contribution in [2.24, 2.45) is 0 Å². The van der Waals surface area contributed by atoms with Gasteiger partial charge in [-0.1, -0.05) is 6.92 Å². The van der Waals surface area contributed by atoms with Gasteiger partial charge in [0.25, 0.3) is 0 Å². The minimum atomic E-state index is 0.0453. The lowest BCUT2D eigenvalue weighted by Crippen LogP contribution is -2.34. The zero-order chi connectivity index (χ0) is 13.9. The van der Waals surface area contributed by atoms with Gasteiger partial charge < -0.3 is 15.4 Å². The van der Waals surface area contributed by atoms with Crippen LogP contribution in [0, 0.1) is 0 Å². The number of hydrogen-bond donors (Lipinski definition) is 1. The molecule has 1 aliphatic rings. The van der Waals surface area contributed by atoms with Crippen LogP contribution >= 0.6 is 0 Å². The number of anilines is 2. The summed E-state index contributed by atoms with van der Waals surface area (Å²) in [6.45, 7) is 8.61. The Morgan fingerprint density at radius 3 is 2.53 bits per heavy atom. The van der Waals surface area contributed by atoms with Crippen molar-refractivity contribution in [1.29, 1.82) is 0 Å². The van der Waals surface area contributed by atoms with Crippen LogP contribution in [0.25, 0.3) is 0 Å². The fourth-order valence-corrected chi connectivity index (χ4v) is 2.73. The molecule has 0 bridgehead atoms. The maximum atomic E-state index is 6.10. The Labute approximate surface area is 116 Å². The van der Waals surface area contributed by atoms with E-state index < -0.39 is 0 Å². The van der Waals surface area contributed by atoms with Crippen molar-refractivity contribution >= 4 is 11.4 Å². The number of nitrogens with zero attached hydrogens (tertiary/aromatic N) is 1. The van der Waals surface area contributed by atoms with Crippen LogP contribution in [0.5, 0.6) is 0 Å². The molecule has 1 heterocycles. The lowest BCUT2D eigenvalue weighted by atomic mass is 10.1. The summed E-state index contributed by atoms with van der Waals surface area (Å²) in [4.78, 5) is 2.41. The third-order valence-corrected chi connectivity index (χ3v) is 3.73. The van der Waals surface area contributed by atoms with Crippen LogP contribution in [0.2, 0.25) is 0 Å². The van der Waals surface area contributed by atoms with Crippen molar-refractivity contribution in [2.75, 3.05) is 23.7 Å². The van der Waals surface area contributed by atoms with E-state index in [1.165, 1.54) is 5.69 Å². The number of hydrogen-bond acceptors (Lipinski definition) is 3. The van der Waals surface area contributed by atoms with Crippen molar-refractivity contribution < 1.29 is 4.74 Å². The molecular formula is C16H26N2O. The van der Waals surface area contributed by atoms with Crippen LogP contribution in [-0.4, -0.2) is 24.8 Å². The smallest absolute Gasteiger partial charge is 0.0758 e. The van der Waals surface area contributed by atoms with Gasteiger partial charge in [0.15, 0.2) is 0 Å². The van der Waals surface area contributed by atoms with E-state index in [0.29, 0.717) is 6.10 Å². The van der Waals surface area contributed by atoms with Crippen molar-refractivity contribution in [2.45, 2.75) is 51.7 Å². The van der Waals surface area contributed by atoms with E-state index in [0.717, 1.165) is 38.0 Å². The lowest BCUT2D eigenvalue weighted by Gasteiger charge is -2.28. The minimum Gasteiger partial charge on any atom is -0.399 e. The van der Waals surface area contributed by atoms with Crippen LogP contribution in [0.15, 0.2) is 24.3 Å². The average molecular weight is 262 g/mol. The summed E-state index contributed by atoms with van der Waals surface area (Å²) < 4.78 is 6.10. The van der Waals surface area contributed by atoms with Gasteiger partial charge in [0, 0.05) is 24.5 Å². The molecule has 0 aliphatic carbocycles. The number of rotatable bonds is 5. The molecule has 1 aromatic carbocycles. The molecule has 2 rings (SSSR count). The molecule has 1 saturated heterocycles. The molecule has 0 aromatic heterocycles. The monoisotopic (exact) mass is 262 g/mol. The van der Waals surface area contributed by atoms with Crippen molar-refractivity contribution in [3.05, 3.63) is 24.3 Å². The number of nitrogens with two attached hydrogens (primary N) is 1.